The predicted molar refractivity (Wildman–Crippen MR) is 82.8 cm³/mol. The van der Waals surface area contributed by atoms with Crippen LogP contribution in [0, 0.1) is 11.8 Å². The molecule has 0 aromatic heterocycles. The van der Waals surface area contributed by atoms with Gasteiger partial charge in [-0.3, -0.25) is 0 Å². The van der Waals surface area contributed by atoms with Crippen molar-refractivity contribution in [1.29, 1.82) is 0 Å². The zero-order valence-electron chi connectivity index (χ0n) is 13.7. The zero-order chi connectivity index (χ0) is 14.8. The van der Waals surface area contributed by atoms with Gasteiger partial charge < -0.3 is 9.64 Å². The summed E-state index contributed by atoms with van der Waals surface area (Å²) >= 11 is 0. The molecule has 0 bridgehead atoms. The fourth-order valence-electron chi connectivity index (χ4n) is 2.88. The highest BCUT2D eigenvalue weighted by molar-refractivity contribution is 5.70. The van der Waals surface area contributed by atoms with Crippen LogP contribution in [-0.2, 0) is 9.53 Å². The van der Waals surface area contributed by atoms with E-state index in [9.17, 15) is 4.79 Å². The second kappa shape index (κ2) is 10.2. The van der Waals surface area contributed by atoms with E-state index >= 15 is 0 Å². The van der Waals surface area contributed by atoms with Crippen LogP contribution < -0.4 is 4.90 Å². The van der Waals surface area contributed by atoms with Crippen molar-refractivity contribution in [3.8, 4) is 0 Å². The molecule has 3 heteroatoms. The number of likely N-dealkylation sites (tertiary alicyclic amines) is 1. The average molecular weight is 284 g/mol. The predicted octanol–water partition coefficient (Wildman–Crippen LogP) is 2.45. The molecule has 1 atom stereocenters. The number of ether oxygens (including phenoxy) is 1. The molecule has 118 valence electrons. The molecule has 1 aliphatic heterocycles. The summed E-state index contributed by atoms with van der Waals surface area (Å²) in [4.78, 5) is 13.2. The van der Waals surface area contributed by atoms with E-state index in [1.54, 1.807) is 0 Å². The van der Waals surface area contributed by atoms with Gasteiger partial charge in [0.05, 0.1) is 19.7 Å². The van der Waals surface area contributed by atoms with Gasteiger partial charge in [0, 0.05) is 0 Å². The first-order chi connectivity index (χ1) is 9.58. The largest absolute Gasteiger partial charge is 0.462 e. The summed E-state index contributed by atoms with van der Waals surface area (Å²) in [7, 11) is 0. The lowest BCUT2D eigenvalue weighted by Crippen LogP contribution is -3.13. The number of esters is 1. The monoisotopic (exact) mass is 284 g/mol. The highest BCUT2D eigenvalue weighted by Crippen LogP contribution is 2.15. The third kappa shape index (κ3) is 8.57. The van der Waals surface area contributed by atoms with Gasteiger partial charge in [-0.05, 0) is 37.5 Å². The summed E-state index contributed by atoms with van der Waals surface area (Å²) in [6.07, 6.45) is 8.72. The molecule has 1 saturated heterocycles. The van der Waals surface area contributed by atoms with E-state index in [1.165, 1.54) is 43.4 Å². The molecule has 0 saturated carbocycles. The van der Waals surface area contributed by atoms with Gasteiger partial charge in [0.1, 0.15) is 0 Å². The van der Waals surface area contributed by atoms with Crippen LogP contribution in [0.15, 0.2) is 0 Å². The number of nitrogens with one attached hydrogen (secondary N) is 1. The van der Waals surface area contributed by atoms with E-state index in [1.807, 2.05) is 0 Å². The van der Waals surface area contributed by atoms with Crippen molar-refractivity contribution >= 4 is 5.97 Å². The van der Waals surface area contributed by atoms with Crippen LogP contribution in [0.4, 0.5) is 0 Å². The fraction of sp³-hybridized carbons (Fsp3) is 0.941. The van der Waals surface area contributed by atoms with Gasteiger partial charge in [0.2, 0.25) is 0 Å². The minimum atomic E-state index is -0.00344. The third-order valence-electron chi connectivity index (χ3n) is 4.31. The van der Waals surface area contributed by atoms with Crippen molar-refractivity contribution in [2.45, 2.75) is 65.7 Å². The lowest BCUT2D eigenvalue weighted by molar-refractivity contribution is -0.897. The Hall–Kier alpha value is -0.570. The second-order valence-corrected chi connectivity index (χ2v) is 6.93. The molecule has 0 spiro atoms. The Balaban J connectivity index is 2.00. The first kappa shape index (κ1) is 17.5. The van der Waals surface area contributed by atoms with Gasteiger partial charge in [0.25, 0.3) is 0 Å². The standard InChI is InChI=1S/C17H33NO2/c1-15(2)8-7-9-16(3)10-13-20-17(19)14-18-11-5-4-6-12-18/h15-16H,4-14H2,1-3H3/p+1/t16-/m1/s1. The van der Waals surface area contributed by atoms with Crippen molar-refractivity contribution in [3.05, 3.63) is 0 Å². The topological polar surface area (TPSA) is 30.7 Å². The summed E-state index contributed by atoms with van der Waals surface area (Å²) in [5, 5.41) is 0. The molecule has 3 nitrogen and oxygen atoms in total. The quantitative estimate of drug-likeness (QED) is 0.659. The van der Waals surface area contributed by atoms with Crippen molar-refractivity contribution < 1.29 is 14.4 Å². The minimum Gasteiger partial charge on any atom is -0.462 e. The Labute approximate surface area is 125 Å². The maximum atomic E-state index is 11.8. The molecule has 1 heterocycles. The van der Waals surface area contributed by atoms with Crippen LogP contribution in [0.1, 0.15) is 65.7 Å². The van der Waals surface area contributed by atoms with Crippen LogP contribution >= 0.6 is 0 Å². The van der Waals surface area contributed by atoms with Crippen LogP contribution in [0.2, 0.25) is 0 Å². The van der Waals surface area contributed by atoms with Gasteiger partial charge in [-0.1, -0.05) is 40.0 Å². The third-order valence-corrected chi connectivity index (χ3v) is 4.31. The minimum absolute atomic E-state index is 0.00344. The number of piperidine rings is 1. The van der Waals surface area contributed by atoms with Crippen molar-refractivity contribution in [2.24, 2.45) is 11.8 Å². The lowest BCUT2D eigenvalue weighted by Gasteiger charge is -2.22. The fourth-order valence-corrected chi connectivity index (χ4v) is 2.88. The molecule has 0 aliphatic carbocycles. The Morgan fingerprint density at radius 3 is 2.40 bits per heavy atom. The molecule has 0 aromatic carbocycles. The summed E-state index contributed by atoms with van der Waals surface area (Å²) in [6.45, 7) is 10.3. The molecule has 1 N–H and O–H groups in total. The summed E-state index contributed by atoms with van der Waals surface area (Å²) in [6, 6.07) is 0. The Morgan fingerprint density at radius 2 is 1.75 bits per heavy atom. The van der Waals surface area contributed by atoms with E-state index in [2.05, 4.69) is 20.8 Å². The number of hydrogen-bond acceptors (Lipinski definition) is 2. The van der Waals surface area contributed by atoms with Gasteiger partial charge in [-0.15, -0.1) is 0 Å². The summed E-state index contributed by atoms with van der Waals surface area (Å²) in [5.74, 6) is 1.47. The Bertz CT molecular complexity index is 260. The number of rotatable bonds is 9. The van der Waals surface area contributed by atoms with Gasteiger partial charge >= 0.3 is 5.97 Å². The first-order valence-electron chi connectivity index (χ1n) is 8.57. The van der Waals surface area contributed by atoms with Gasteiger partial charge in [-0.25, -0.2) is 4.79 Å². The molecular formula is C17H34NO2+. The SMILES string of the molecule is CC(C)CCC[C@@H](C)CCOC(=O)C[NH+]1CCCCC1. The Kier molecular flexibility index (Phi) is 8.92. The summed E-state index contributed by atoms with van der Waals surface area (Å²) < 4.78 is 5.38. The van der Waals surface area contributed by atoms with E-state index in [0.717, 1.165) is 25.4 Å². The first-order valence-corrected chi connectivity index (χ1v) is 8.57. The van der Waals surface area contributed by atoms with Crippen molar-refractivity contribution in [1.82, 2.24) is 0 Å². The van der Waals surface area contributed by atoms with Crippen LogP contribution in [0.3, 0.4) is 0 Å². The van der Waals surface area contributed by atoms with E-state index in [0.29, 0.717) is 19.1 Å². The second-order valence-electron chi connectivity index (χ2n) is 6.93. The van der Waals surface area contributed by atoms with Crippen molar-refractivity contribution in [2.75, 3.05) is 26.2 Å². The molecule has 20 heavy (non-hydrogen) atoms. The van der Waals surface area contributed by atoms with Crippen LogP contribution in [0.25, 0.3) is 0 Å². The average Bonchev–Trinajstić information content (AvgIpc) is 2.39. The normalized spacial score (nSPS) is 18.2. The molecular weight excluding hydrogens is 250 g/mol. The number of carbonyl (C=O) groups excluding carboxylic acids is 1. The van der Waals surface area contributed by atoms with Gasteiger partial charge in [-0.2, -0.15) is 0 Å². The summed E-state index contributed by atoms with van der Waals surface area (Å²) in [5.41, 5.74) is 0. The van der Waals surface area contributed by atoms with E-state index < -0.39 is 0 Å². The molecule has 1 aliphatic rings. The molecule has 0 radical (unpaired) electrons. The van der Waals surface area contributed by atoms with Crippen molar-refractivity contribution in [3.63, 3.8) is 0 Å². The highest BCUT2D eigenvalue weighted by Gasteiger charge is 2.18. The van der Waals surface area contributed by atoms with E-state index in [4.69, 9.17) is 4.74 Å². The zero-order valence-corrected chi connectivity index (χ0v) is 13.7. The Morgan fingerprint density at radius 1 is 1.05 bits per heavy atom. The smallest absolute Gasteiger partial charge is 0.361 e. The van der Waals surface area contributed by atoms with E-state index in [-0.39, 0.29) is 5.97 Å². The highest BCUT2D eigenvalue weighted by atomic mass is 16.5. The number of carbonyl (C=O) groups is 1. The molecule has 1 fully saturated rings. The maximum Gasteiger partial charge on any atom is 0.361 e. The maximum absolute atomic E-state index is 11.8. The number of quaternary nitrogens is 1. The van der Waals surface area contributed by atoms with Crippen LogP contribution in [0.5, 0.6) is 0 Å². The van der Waals surface area contributed by atoms with Crippen LogP contribution in [-0.4, -0.2) is 32.2 Å². The molecule has 0 unspecified atom stereocenters. The van der Waals surface area contributed by atoms with Gasteiger partial charge in [0.15, 0.2) is 6.54 Å². The lowest BCUT2D eigenvalue weighted by atomic mass is 9.98. The molecule has 0 aromatic rings. The molecule has 1 rings (SSSR count). The molecule has 0 amide bonds. The number of hydrogen-bond donors (Lipinski definition) is 1.